The molecule has 2 aromatic rings. The van der Waals surface area contributed by atoms with E-state index in [1.54, 1.807) is 7.11 Å². The third kappa shape index (κ3) is 3.64. The quantitative estimate of drug-likeness (QED) is 0.764. The summed E-state index contributed by atoms with van der Waals surface area (Å²) in [6, 6.07) is 10.7. The van der Waals surface area contributed by atoms with Gasteiger partial charge in [0.05, 0.1) is 12.0 Å². The lowest BCUT2D eigenvalue weighted by Crippen LogP contribution is -2.63. The van der Waals surface area contributed by atoms with E-state index in [1.165, 1.54) is 4.31 Å². The van der Waals surface area contributed by atoms with Crippen LogP contribution >= 0.6 is 0 Å². The maximum absolute atomic E-state index is 13.4. The molecule has 0 saturated carbocycles. The van der Waals surface area contributed by atoms with Gasteiger partial charge in [0, 0.05) is 44.2 Å². The molecule has 150 valence electrons. The van der Waals surface area contributed by atoms with Gasteiger partial charge in [-0.15, -0.1) is 0 Å². The molecule has 0 aromatic heterocycles. The molecular weight excluding hydrogens is 386 g/mol. The van der Waals surface area contributed by atoms with E-state index in [1.807, 2.05) is 24.3 Å². The summed E-state index contributed by atoms with van der Waals surface area (Å²) in [5.41, 5.74) is 1.16. The zero-order valence-electron chi connectivity index (χ0n) is 15.5. The minimum absolute atomic E-state index is 0.229. The molecule has 2 aliphatic rings. The Hall–Kier alpha value is -2.03. The third-order valence-electron chi connectivity index (χ3n) is 5.59. The van der Waals surface area contributed by atoms with Gasteiger partial charge in [-0.1, -0.05) is 12.1 Å². The Morgan fingerprint density at radius 3 is 2.54 bits per heavy atom. The van der Waals surface area contributed by atoms with E-state index < -0.39 is 21.7 Å². The van der Waals surface area contributed by atoms with Crippen molar-refractivity contribution in [3.8, 4) is 5.75 Å². The summed E-state index contributed by atoms with van der Waals surface area (Å²) < 4.78 is 59.1. The average Bonchev–Trinajstić information content (AvgIpc) is 2.65. The SMILES string of the molecule is COc1cccc(CN2C[C@H]3CN(S(=O)(=O)c4cc(F)cc(F)c4)CC[C@@H]32)c1. The topological polar surface area (TPSA) is 49.9 Å². The number of halogens is 2. The molecule has 2 heterocycles. The predicted octanol–water partition coefficient (Wildman–Crippen LogP) is 2.87. The largest absolute Gasteiger partial charge is 0.497 e. The second kappa shape index (κ2) is 7.42. The number of fused-ring (bicyclic) bond motifs is 1. The number of ether oxygens (including phenoxy) is 1. The first-order chi connectivity index (χ1) is 13.4. The Morgan fingerprint density at radius 2 is 1.86 bits per heavy atom. The number of methoxy groups -OCH3 is 1. The number of hydrogen-bond acceptors (Lipinski definition) is 4. The van der Waals surface area contributed by atoms with Gasteiger partial charge >= 0.3 is 0 Å². The summed E-state index contributed by atoms with van der Waals surface area (Å²) in [7, 11) is -2.26. The van der Waals surface area contributed by atoms with E-state index in [9.17, 15) is 17.2 Å². The number of hydrogen-bond donors (Lipinski definition) is 0. The number of piperidine rings is 1. The van der Waals surface area contributed by atoms with Crippen LogP contribution in [0.2, 0.25) is 0 Å². The molecule has 5 nitrogen and oxygen atoms in total. The molecular formula is C20H22F2N2O3S. The van der Waals surface area contributed by atoms with Crippen molar-refractivity contribution in [2.75, 3.05) is 26.7 Å². The van der Waals surface area contributed by atoms with Crippen LogP contribution in [-0.4, -0.2) is 50.4 Å². The lowest BCUT2D eigenvalue weighted by molar-refractivity contribution is -0.0306. The van der Waals surface area contributed by atoms with Gasteiger partial charge in [0.25, 0.3) is 0 Å². The van der Waals surface area contributed by atoms with Crippen molar-refractivity contribution < 1.29 is 21.9 Å². The summed E-state index contributed by atoms with van der Waals surface area (Å²) >= 11 is 0. The molecule has 0 spiro atoms. The summed E-state index contributed by atoms with van der Waals surface area (Å²) in [5.74, 6) is -0.728. The summed E-state index contributed by atoms with van der Waals surface area (Å²) in [6.45, 7) is 2.31. The predicted molar refractivity (Wildman–Crippen MR) is 100 cm³/mol. The number of rotatable bonds is 5. The first kappa shape index (κ1) is 19.3. The smallest absolute Gasteiger partial charge is 0.243 e. The molecule has 0 N–H and O–H groups in total. The van der Waals surface area contributed by atoms with Gasteiger partial charge in [0.15, 0.2) is 0 Å². The van der Waals surface area contributed by atoms with E-state index >= 15 is 0 Å². The second-order valence-electron chi connectivity index (χ2n) is 7.37. The fourth-order valence-corrected chi connectivity index (χ4v) is 5.73. The van der Waals surface area contributed by atoms with Crippen LogP contribution < -0.4 is 4.74 Å². The van der Waals surface area contributed by atoms with Crippen molar-refractivity contribution in [3.05, 3.63) is 59.7 Å². The summed E-state index contributed by atoms with van der Waals surface area (Å²) in [6.07, 6.45) is 0.700. The maximum atomic E-state index is 13.4. The van der Waals surface area contributed by atoms with Gasteiger partial charge in [-0.25, -0.2) is 17.2 Å². The highest BCUT2D eigenvalue weighted by Crippen LogP contribution is 2.36. The number of benzene rings is 2. The van der Waals surface area contributed by atoms with Crippen LogP contribution in [0.4, 0.5) is 8.78 Å². The molecule has 0 unspecified atom stereocenters. The Morgan fingerprint density at radius 1 is 1.11 bits per heavy atom. The van der Waals surface area contributed by atoms with E-state index in [0.717, 1.165) is 36.5 Å². The molecule has 8 heteroatoms. The Bertz CT molecular complexity index is 963. The normalized spacial score (nSPS) is 23.1. The van der Waals surface area contributed by atoms with Gasteiger partial charge in [-0.3, -0.25) is 4.90 Å². The van der Waals surface area contributed by atoms with Gasteiger partial charge in [-0.2, -0.15) is 4.31 Å². The van der Waals surface area contributed by atoms with Gasteiger partial charge < -0.3 is 4.74 Å². The van der Waals surface area contributed by atoms with Crippen LogP contribution in [0.5, 0.6) is 5.75 Å². The first-order valence-corrected chi connectivity index (χ1v) is 10.6. The molecule has 2 aromatic carbocycles. The van der Waals surface area contributed by atoms with Crippen LogP contribution in [0.1, 0.15) is 12.0 Å². The molecule has 4 rings (SSSR count). The van der Waals surface area contributed by atoms with Crippen LogP contribution in [0.15, 0.2) is 47.4 Å². The fourth-order valence-electron chi connectivity index (χ4n) is 4.18. The van der Waals surface area contributed by atoms with Crippen LogP contribution in [0.3, 0.4) is 0 Å². The first-order valence-electron chi connectivity index (χ1n) is 9.20. The van der Waals surface area contributed by atoms with Crippen molar-refractivity contribution in [2.45, 2.75) is 23.9 Å². The Labute approximate surface area is 163 Å². The lowest BCUT2D eigenvalue weighted by atomic mass is 9.83. The maximum Gasteiger partial charge on any atom is 0.243 e. The van der Waals surface area contributed by atoms with E-state index in [4.69, 9.17) is 4.74 Å². The zero-order valence-corrected chi connectivity index (χ0v) is 16.3. The Kier molecular flexibility index (Phi) is 5.11. The number of nitrogens with zero attached hydrogens (tertiary/aromatic N) is 2. The van der Waals surface area contributed by atoms with Crippen molar-refractivity contribution in [1.29, 1.82) is 0 Å². The van der Waals surface area contributed by atoms with Crippen molar-refractivity contribution in [3.63, 3.8) is 0 Å². The molecule has 2 fully saturated rings. The van der Waals surface area contributed by atoms with E-state index in [0.29, 0.717) is 31.6 Å². The molecule has 0 aliphatic carbocycles. The van der Waals surface area contributed by atoms with Crippen LogP contribution in [-0.2, 0) is 16.6 Å². The van der Waals surface area contributed by atoms with Gasteiger partial charge in [0.2, 0.25) is 10.0 Å². The van der Waals surface area contributed by atoms with E-state index in [2.05, 4.69) is 4.90 Å². The van der Waals surface area contributed by atoms with Gasteiger partial charge in [-0.05, 0) is 36.2 Å². The minimum Gasteiger partial charge on any atom is -0.497 e. The van der Waals surface area contributed by atoms with Crippen molar-refractivity contribution >= 4 is 10.0 Å². The van der Waals surface area contributed by atoms with Crippen LogP contribution in [0, 0.1) is 17.6 Å². The van der Waals surface area contributed by atoms with Crippen molar-refractivity contribution in [1.82, 2.24) is 9.21 Å². The third-order valence-corrected chi connectivity index (χ3v) is 7.43. The average molecular weight is 408 g/mol. The number of likely N-dealkylation sites (tertiary alicyclic amines) is 1. The molecule has 2 aliphatic heterocycles. The Balaban J connectivity index is 1.42. The second-order valence-corrected chi connectivity index (χ2v) is 9.30. The minimum atomic E-state index is -3.90. The van der Waals surface area contributed by atoms with Gasteiger partial charge in [0.1, 0.15) is 17.4 Å². The molecule has 0 bridgehead atoms. The number of sulfonamides is 1. The lowest BCUT2D eigenvalue weighted by Gasteiger charge is -2.53. The monoisotopic (exact) mass is 408 g/mol. The highest BCUT2D eigenvalue weighted by molar-refractivity contribution is 7.89. The molecule has 2 atom stereocenters. The highest BCUT2D eigenvalue weighted by Gasteiger charge is 2.45. The van der Waals surface area contributed by atoms with Crippen LogP contribution in [0.25, 0.3) is 0 Å². The fraction of sp³-hybridized carbons (Fsp3) is 0.400. The zero-order chi connectivity index (χ0) is 19.9. The molecule has 0 radical (unpaired) electrons. The van der Waals surface area contributed by atoms with Crippen molar-refractivity contribution in [2.24, 2.45) is 5.92 Å². The molecule has 0 amide bonds. The summed E-state index contributed by atoms with van der Waals surface area (Å²) in [4.78, 5) is 2.02. The summed E-state index contributed by atoms with van der Waals surface area (Å²) in [5, 5.41) is 0. The molecule has 28 heavy (non-hydrogen) atoms. The van der Waals surface area contributed by atoms with E-state index in [-0.39, 0.29) is 10.8 Å². The highest BCUT2D eigenvalue weighted by atomic mass is 32.2. The molecule has 2 saturated heterocycles. The standard InChI is InChI=1S/C20H22F2N2O3S/c1-27-18-4-2-3-14(7-18)11-23-12-15-13-24(6-5-20(15)23)28(25,26)19-9-16(21)8-17(22)10-19/h2-4,7-10,15,20H,5-6,11-13H2,1H3/t15-,20-/m0/s1.